The number of ketones is 3. The highest BCUT2D eigenvalue weighted by molar-refractivity contribution is 6.27. The third kappa shape index (κ3) is 1.81. The number of hydrogen-bond donors (Lipinski definition) is 0. The van der Waals surface area contributed by atoms with Crippen molar-refractivity contribution in [1.29, 1.82) is 0 Å². The first-order valence-corrected chi connectivity index (χ1v) is 5.26. The van der Waals surface area contributed by atoms with Crippen LogP contribution in [0.2, 0.25) is 0 Å². The molecule has 2 rings (SSSR count). The Bertz CT molecular complexity index is 441. The summed E-state index contributed by atoms with van der Waals surface area (Å²) in [4.78, 5) is 34.8. The average molecular weight is 216 g/mol. The molecule has 1 saturated carbocycles. The molecular weight excluding hydrogens is 204 g/mol. The Hall–Kier alpha value is -1.77. The SMILES string of the molecule is Cc1ccc(C(=O)C2C(=O)CCC2=O)cc1. The van der Waals surface area contributed by atoms with Crippen molar-refractivity contribution in [1.82, 2.24) is 0 Å². The predicted octanol–water partition coefficient (Wildman–Crippen LogP) is 1.73. The minimum atomic E-state index is -1.04. The van der Waals surface area contributed by atoms with Crippen molar-refractivity contribution in [3.05, 3.63) is 35.4 Å². The number of rotatable bonds is 2. The molecule has 1 aromatic rings. The minimum Gasteiger partial charge on any atom is -0.298 e. The molecule has 1 aliphatic carbocycles. The lowest BCUT2D eigenvalue weighted by atomic mass is 9.94. The Balaban J connectivity index is 2.28. The van der Waals surface area contributed by atoms with E-state index in [1.54, 1.807) is 24.3 Å². The molecule has 0 N–H and O–H groups in total. The van der Waals surface area contributed by atoms with Gasteiger partial charge in [-0.1, -0.05) is 29.8 Å². The molecule has 0 saturated heterocycles. The molecule has 16 heavy (non-hydrogen) atoms. The fraction of sp³-hybridized carbons (Fsp3) is 0.308. The van der Waals surface area contributed by atoms with Gasteiger partial charge in [-0.05, 0) is 6.92 Å². The monoisotopic (exact) mass is 216 g/mol. The van der Waals surface area contributed by atoms with Crippen molar-refractivity contribution in [2.24, 2.45) is 5.92 Å². The summed E-state index contributed by atoms with van der Waals surface area (Å²) in [6, 6.07) is 6.93. The van der Waals surface area contributed by atoms with Gasteiger partial charge in [0.05, 0.1) is 0 Å². The first kappa shape index (κ1) is 10.7. The highest BCUT2D eigenvalue weighted by Gasteiger charge is 2.38. The Morgan fingerprint density at radius 2 is 1.56 bits per heavy atom. The van der Waals surface area contributed by atoms with Crippen LogP contribution in [0.15, 0.2) is 24.3 Å². The van der Waals surface area contributed by atoms with Crippen LogP contribution < -0.4 is 0 Å². The number of carbonyl (C=O) groups excluding carboxylic acids is 3. The van der Waals surface area contributed by atoms with Gasteiger partial charge in [0.1, 0.15) is 5.92 Å². The first-order chi connectivity index (χ1) is 7.59. The van der Waals surface area contributed by atoms with Gasteiger partial charge < -0.3 is 0 Å². The third-order valence-electron chi connectivity index (χ3n) is 2.86. The van der Waals surface area contributed by atoms with Crippen LogP contribution in [0.5, 0.6) is 0 Å². The predicted molar refractivity (Wildman–Crippen MR) is 58.2 cm³/mol. The van der Waals surface area contributed by atoms with Crippen LogP contribution in [0, 0.1) is 12.8 Å². The topological polar surface area (TPSA) is 51.2 Å². The fourth-order valence-corrected chi connectivity index (χ4v) is 1.89. The highest BCUT2D eigenvalue weighted by atomic mass is 16.2. The Kier molecular flexibility index (Phi) is 2.69. The quantitative estimate of drug-likeness (QED) is 0.558. The summed E-state index contributed by atoms with van der Waals surface area (Å²) >= 11 is 0. The molecule has 1 fully saturated rings. The van der Waals surface area contributed by atoms with E-state index in [-0.39, 0.29) is 30.2 Å². The van der Waals surface area contributed by atoms with E-state index in [0.29, 0.717) is 5.56 Å². The molecule has 0 heterocycles. The molecular formula is C13H12O3. The molecule has 0 radical (unpaired) electrons. The second-order valence-corrected chi connectivity index (χ2v) is 4.10. The van der Waals surface area contributed by atoms with Gasteiger partial charge in [-0.2, -0.15) is 0 Å². The molecule has 0 bridgehead atoms. The van der Waals surface area contributed by atoms with Gasteiger partial charge >= 0.3 is 0 Å². The molecule has 3 nitrogen and oxygen atoms in total. The Morgan fingerprint density at radius 3 is 2.06 bits per heavy atom. The Labute approximate surface area is 93.5 Å². The van der Waals surface area contributed by atoms with Crippen molar-refractivity contribution in [3.63, 3.8) is 0 Å². The maximum Gasteiger partial charge on any atom is 0.180 e. The number of aryl methyl sites for hydroxylation is 1. The molecule has 1 aromatic carbocycles. The lowest BCUT2D eigenvalue weighted by molar-refractivity contribution is -0.125. The van der Waals surface area contributed by atoms with Gasteiger partial charge in [-0.3, -0.25) is 14.4 Å². The van der Waals surface area contributed by atoms with Crippen molar-refractivity contribution in [2.45, 2.75) is 19.8 Å². The molecule has 0 aromatic heterocycles. The van der Waals surface area contributed by atoms with Crippen molar-refractivity contribution in [3.8, 4) is 0 Å². The van der Waals surface area contributed by atoms with E-state index in [4.69, 9.17) is 0 Å². The smallest absolute Gasteiger partial charge is 0.180 e. The zero-order chi connectivity index (χ0) is 11.7. The number of benzene rings is 1. The van der Waals surface area contributed by atoms with Gasteiger partial charge in [0.15, 0.2) is 17.3 Å². The number of hydrogen-bond acceptors (Lipinski definition) is 3. The van der Waals surface area contributed by atoms with Crippen molar-refractivity contribution in [2.75, 3.05) is 0 Å². The van der Waals surface area contributed by atoms with Crippen LogP contribution >= 0.6 is 0 Å². The van der Waals surface area contributed by atoms with Crippen molar-refractivity contribution >= 4 is 17.3 Å². The molecule has 0 spiro atoms. The summed E-state index contributed by atoms with van der Waals surface area (Å²) < 4.78 is 0. The molecule has 1 aliphatic rings. The van der Waals surface area contributed by atoms with Gasteiger partial charge in [0.25, 0.3) is 0 Å². The minimum absolute atomic E-state index is 0.209. The zero-order valence-corrected chi connectivity index (χ0v) is 9.03. The number of carbonyl (C=O) groups is 3. The zero-order valence-electron chi connectivity index (χ0n) is 9.03. The molecule has 0 aliphatic heterocycles. The van der Waals surface area contributed by atoms with Crippen LogP contribution in [0.4, 0.5) is 0 Å². The molecule has 0 amide bonds. The van der Waals surface area contributed by atoms with Gasteiger partial charge in [0.2, 0.25) is 0 Å². The summed E-state index contributed by atoms with van der Waals surface area (Å²) in [7, 11) is 0. The van der Waals surface area contributed by atoms with E-state index >= 15 is 0 Å². The summed E-state index contributed by atoms with van der Waals surface area (Å²) in [5, 5.41) is 0. The molecule has 0 atom stereocenters. The summed E-state index contributed by atoms with van der Waals surface area (Å²) in [5.74, 6) is -1.87. The Morgan fingerprint density at radius 1 is 1.06 bits per heavy atom. The van der Waals surface area contributed by atoms with Crippen LogP contribution in [0.25, 0.3) is 0 Å². The van der Waals surface area contributed by atoms with E-state index in [2.05, 4.69) is 0 Å². The highest BCUT2D eigenvalue weighted by Crippen LogP contribution is 2.22. The van der Waals surface area contributed by atoms with Gasteiger partial charge in [-0.15, -0.1) is 0 Å². The molecule has 0 unspecified atom stereocenters. The molecule has 82 valence electrons. The van der Waals surface area contributed by atoms with Gasteiger partial charge in [-0.25, -0.2) is 0 Å². The average Bonchev–Trinajstić information content (AvgIpc) is 2.59. The lowest BCUT2D eigenvalue weighted by Crippen LogP contribution is -2.24. The van der Waals surface area contributed by atoms with E-state index < -0.39 is 5.92 Å². The lowest BCUT2D eigenvalue weighted by Gasteiger charge is -2.05. The largest absolute Gasteiger partial charge is 0.298 e. The van der Waals surface area contributed by atoms with Crippen LogP contribution in [-0.4, -0.2) is 17.3 Å². The first-order valence-electron chi connectivity index (χ1n) is 5.26. The standard InChI is InChI=1S/C13H12O3/c1-8-2-4-9(5-3-8)13(16)12-10(14)6-7-11(12)15/h2-5,12H,6-7H2,1H3. The van der Waals surface area contributed by atoms with Crippen LogP contribution in [0.1, 0.15) is 28.8 Å². The number of Topliss-reactive ketones (excluding diaryl/α,β-unsaturated/α-hetero) is 3. The van der Waals surface area contributed by atoms with Crippen molar-refractivity contribution < 1.29 is 14.4 Å². The van der Waals surface area contributed by atoms with E-state index in [1.165, 1.54) is 0 Å². The van der Waals surface area contributed by atoms with E-state index in [1.807, 2.05) is 6.92 Å². The summed E-state index contributed by atoms with van der Waals surface area (Å²) in [6.07, 6.45) is 0.419. The maximum absolute atomic E-state index is 11.9. The van der Waals surface area contributed by atoms with Gasteiger partial charge in [0, 0.05) is 18.4 Å². The summed E-state index contributed by atoms with van der Waals surface area (Å²) in [5.41, 5.74) is 1.49. The third-order valence-corrected chi connectivity index (χ3v) is 2.86. The van der Waals surface area contributed by atoms with E-state index in [9.17, 15) is 14.4 Å². The second-order valence-electron chi connectivity index (χ2n) is 4.10. The van der Waals surface area contributed by atoms with E-state index in [0.717, 1.165) is 5.56 Å². The van der Waals surface area contributed by atoms with Crippen LogP contribution in [-0.2, 0) is 9.59 Å². The maximum atomic E-state index is 11.9. The fourth-order valence-electron chi connectivity index (χ4n) is 1.89. The molecule has 3 heteroatoms. The normalized spacial score (nSPS) is 16.8. The van der Waals surface area contributed by atoms with Crippen LogP contribution in [0.3, 0.4) is 0 Å². The summed E-state index contributed by atoms with van der Waals surface area (Å²) in [6.45, 7) is 1.92. The second kappa shape index (κ2) is 4.00.